The summed E-state index contributed by atoms with van der Waals surface area (Å²) in [6.45, 7) is 18.2. The van der Waals surface area contributed by atoms with Gasteiger partial charge in [0.15, 0.2) is 0 Å². The second kappa shape index (κ2) is 14.2. The fourth-order valence-electron chi connectivity index (χ4n) is 4.08. The fourth-order valence-corrected chi connectivity index (χ4v) is 4.08. The van der Waals surface area contributed by atoms with E-state index in [1.165, 1.54) is 58.6 Å². The van der Waals surface area contributed by atoms with Crippen LogP contribution in [0.3, 0.4) is 0 Å². The summed E-state index contributed by atoms with van der Waals surface area (Å²) in [5.41, 5.74) is 10.4. The summed E-state index contributed by atoms with van der Waals surface area (Å²) < 4.78 is 0. The zero-order valence-electron chi connectivity index (χ0n) is 21.2. The van der Waals surface area contributed by atoms with E-state index in [1.54, 1.807) is 0 Å². The summed E-state index contributed by atoms with van der Waals surface area (Å²) in [6.07, 6.45) is 5.96. The molecule has 0 amide bonds. The maximum atomic E-state index is 8.43. The Morgan fingerprint density at radius 1 is 0.788 bits per heavy atom. The van der Waals surface area contributed by atoms with Crippen LogP contribution < -0.4 is 9.80 Å². The van der Waals surface area contributed by atoms with Gasteiger partial charge in [0.2, 0.25) is 0 Å². The molecule has 1 atom stereocenters. The average Bonchev–Trinajstić information content (AvgIpc) is 3.10. The van der Waals surface area contributed by atoms with Crippen molar-refractivity contribution >= 4 is 11.4 Å². The fraction of sp³-hybridized carbons (Fsp3) is 0.370. The van der Waals surface area contributed by atoms with Crippen LogP contribution in [0.2, 0.25) is 0 Å². The van der Waals surface area contributed by atoms with E-state index >= 15 is 0 Å². The molecule has 3 N–H and O–H groups in total. The van der Waals surface area contributed by atoms with Crippen molar-refractivity contribution in [3.63, 3.8) is 0 Å². The van der Waals surface area contributed by atoms with Gasteiger partial charge in [-0.05, 0) is 83.1 Å². The normalized spacial score (nSPS) is 13.5. The Morgan fingerprint density at radius 3 is 1.30 bits per heavy atom. The Labute approximate surface area is 212 Å². The van der Waals surface area contributed by atoms with Crippen LogP contribution >= 0.6 is 0 Å². The molecule has 0 spiro atoms. The average molecular weight is 542 g/mol. The van der Waals surface area contributed by atoms with E-state index in [4.69, 9.17) is 15.3 Å². The number of hydrogen-bond acceptors (Lipinski definition) is 5. The minimum absolute atomic E-state index is 0. The van der Waals surface area contributed by atoms with Gasteiger partial charge in [0.25, 0.3) is 0 Å². The van der Waals surface area contributed by atoms with Crippen molar-refractivity contribution in [3.8, 4) is 0 Å². The molecule has 1 unspecified atom stereocenters. The van der Waals surface area contributed by atoms with Crippen LogP contribution in [-0.2, 0) is 19.5 Å². The van der Waals surface area contributed by atoms with Crippen LogP contribution in [0.1, 0.15) is 47.2 Å². The Bertz CT molecular complexity index is 852. The van der Waals surface area contributed by atoms with E-state index in [2.05, 4.69) is 101 Å². The van der Waals surface area contributed by atoms with Crippen LogP contribution in [0.5, 0.6) is 0 Å². The molecule has 6 heteroatoms. The molecule has 1 aliphatic rings. The number of rotatable bonds is 3. The molecule has 1 radical (unpaired) electrons. The quantitative estimate of drug-likeness (QED) is 0.265. The van der Waals surface area contributed by atoms with Gasteiger partial charge in [-0.2, -0.15) is 0 Å². The minimum atomic E-state index is -0.662. The predicted molar refractivity (Wildman–Crippen MR) is 135 cm³/mol. The van der Waals surface area contributed by atoms with Crippen molar-refractivity contribution in [2.75, 3.05) is 16.9 Å². The van der Waals surface area contributed by atoms with Crippen LogP contribution in [0.4, 0.5) is 11.4 Å². The third kappa shape index (κ3) is 8.96. The third-order valence-electron chi connectivity index (χ3n) is 4.84. The van der Waals surface area contributed by atoms with E-state index < -0.39 is 6.10 Å². The molecule has 5 nitrogen and oxygen atoms in total. The molecule has 0 bridgehead atoms. The number of hydrogen-bond donors (Lipinski definition) is 3. The molecule has 0 aromatic heterocycles. The first-order valence-corrected chi connectivity index (χ1v) is 10.7. The molecule has 0 saturated carbocycles. The van der Waals surface area contributed by atoms with E-state index in [9.17, 15) is 0 Å². The van der Waals surface area contributed by atoms with Crippen LogP contribution in [0.25, 0.3) is 0 Å². The number of nitrogens with zero attached hydrogens (tertiary/aromatic N) is 2. The summed E-state index contributed by atoms with van der Waals surface area (Å²) in [5, 5.41) is 23.8. The zero-order valence-corrected chi connectivity index (χ0v) is 22.8. The first-order chi connectivity index (χ1) is 15.0. The molecule has 0 aliphatic carbocycles. The Hall–Kier alpha value is -2.14. The Morgan fingerprint density at radius 2 is 1.09 bits per heavy atom. The first kappa shape index (κ1) is 30.9. The monoisotopic (exact) mass is 541 g/mol. The predicted octanol–water partition coefficient (Wildman–Crippen LogP) is 5.69. The molecular formula is C27H38N2O3Rh. The number of aliphatic hydroxyl groups is 3. The van der Waals surface area contributed by atoms with Crippen molar-refractivity contribution in [2.45, 2.75) is 61.5 Å². The first-order valence-electron chi connectivity index (χ1n) is 10.7. The van der Waals surface area contributed by atoms with Crippen molar-refractivity contribution in [2.24, 2.45) is 0 Å². The van der Waals surface area contributed by atoms with Gasteiger partial charge in [0.05, 0.1) is 0 Å². The summed E-state index contributed by atoms with van der Waals surface area (Å²) in [6, 6.07) is 8.98. The van der Waals surface area contributed by atoms with Gasteiger partial charge in [-0.1, -0.05) is 54.2 Å². The van der Waals surface area contributed by atoms with Gasteiger partial charge in [-0.3, -0.25) is 0 Å². The maximum Gasteiger partial charge on any atom is 2.00 e. The summed E-state index contributed by atoms with van der Waals surface area (Å²) >= 11 is 0. The van der Waals surface area contributed by atoms with Gasteiger partial charge in [-0.25, -0.2) is 0 Å². The van der Waals surface area contributed by atoms with Gasteiger partial charge in [-0.15, -0.1) is 6.67 Å². The molecular weight excluding hydrogens is 503 g/mol. The molecule has 33 heavy (non-hydrogen) atoms. The standard InChI is InChI=1S/C21H25N2.C5H9O2.CH4O.Rh/c1-14-9-16(3)20(17(4)10-14)22-7-8-23(13-22)21-18(5)11-15(2)12-19(21)6;1-4(6)3-5(2)7;1-2;/h7-13H,1-6H3;4,6-7H,1-2H3;2H,1H3;/q2*-1;;+2. The van der Waals surface area contributed by atoms with Crippen molar-refractivity contribution < 1.29 is 34.8 Å². The summed E-state index contributed by atoms with van der Waals surface area (Å²) in [5.74, 6) is 0.0370. The largest absolute Gasteiger partial charge is 2.00 e. The number of benzene rings is 2. The maximum absolute atomic E-state index is 8.43. The minimum Gasteiger partial charge on any atom is -0.549 e. The topological polar surface area (TPSA) is 67.2 Å². The van der Waals surface area contributed by atoms with Gasteiger partial charge in [0, 0.05) is 18.5 Å². The molecule has 2 aromatic rings. The van der Waals surface area contributed by atoms with Crippen LogP contribution in [-0.4, -0.2) is 28.5 Å². The van der Waals surface area contributed by atoms with Crippen LogP contribution in [0, 0.1) is 54.3 Å². The number of allylic oxidation sites excluding steroid dienone is 1. The molecule has 2 aromatic carbocycles. The van der Waals surface area contributed by atoms with Crippen LogP contribution in [0.15, 0.2) is 42.4 Å². The second-order valence-electron chi connectivity index (χ2n) is 8.13. The molecule has 183 valence electrons. The SMILES string of the molecule is CC(O)=[C-]C(C)O.CO.Cc1cc(C)c(N2C=CN(c3c(C)cc(C)cc3C)[CH-]2)c(C)c1.[Rh+2]. The Kier molecular flexibility index (Phi) is 13.3. The molecule has 0 saturated heterocycles. The zero-order chi connectivity index (χ0) is 24.6. The van der Waals surface area contributed by atoms with Gasteiger partial charge in [0.1, 0.15) is 0 Å². The van der Waals surface area contributed by atoms with E-state index in [1.807, 2.05) is 0 Å². The summed E-state index contributed by atoms with van der Waals surface area (Å²) in [4.78, 5) is 4.45. The third-order valence-corrected chi connectivity index (χ3v) is 4.84. The van der Waals surface area contributed by atoms with E-state index in [-0.39, 0.29) is 25.2 Å². The summed E-state index contributed by atoms with van der Waals surface area (Å²) in [7, 11) is 1.00. The van der Waals surface area contributed by atoms with E-state index in [0.717, 1.165) is 7.11 Å². The van der Waals surface area contributed by atoms with Crippen molar-refractivity contribution in [3.05, 3.63) is 88.5 Å². The molecule has 0 fully saturated rings. The van der Waals surface area contributed by atoms with Crippen molar-refractivity contribution in [1.82, 2.24) is 0 Å². The molecule has 1 aliphatic heterocycles. The van der Waals surface area contributed by atoms with Gasteiger partial charge < -0.3 is 31.2 Å². The van der Waals surface area contributed by atoms with E-state index in [0.29, 0.717) is 0 Å². The van der Waals surface area contributed by atoms with Gasteiger partial charge >= 0.3 is 19.5 Å². The molecule has 3 rings (SSSR count). The molecule has 1 heterocycles. The Balaban J connectivity index is 0.000000884. The smallest absolute Gasteiger partial charge is 0.549 e. The number of anilines is 2. The second-order valence-corrected chi connectivity index (χ2v) is 8.13. The van der Waals surface area contributed by atoms with Crippen molar-refractivity contribution in [1.29, 1.82) is 0 Å². The number of aryl methyl sites for hydroxylation is 6. The number of aliphatic hydroxyl groups excluding tert-OH is 3.